The molecule has 22 heavy (non-hydrogen) atoms. The largest absolute Gasteiger partial charge is 0.507 e. The van der Waals surface area contributed by atoms with Gasteiger partial charge in [0.15, 0.2) is 0 Å². The molecule has 0 unspecified atom stereocenters. The Balaban J connectivity index is 2.30. The van der Waals surface area contributed by atoms with E-state index in [1.54, 1.807) is 30.3 Å². The molecular weight excluding hydrogens is 323 g/mol. The number of phenols is 1. The zero-order chi connectivity index (χ0) is 16.1. The van der Waals surface area contributed by atoms with Crippen LogP contribution >= 0.6 is 23.2 Å². The van der Waals surface area contributed by atoms with E-state index in [-0.39, 0.29) is 16.9 Å². The Kier molecular flexibility index (Phi) is 5.05. The molecule has 0 saturated carbocycles. The summed E-state index contributed by atoms with van der Waals surface area (Å²) in [6.07, 6.45) is 1.26. The summed E-state index contributed by atoms with van der Waals surface area (Å²) >= 11 is 11.8. The quantitative estimate of drug-likeness (QED) is 0.652. The summed E-state index contributed by atoms with van der Waals surface area (Å²) in [6.45, 7) is 0. The standard InChI is InChI=1S/C16H10Cl2N2O2/c17-12-5-6-15(21)10(8-12)7-11(9-19)16(22)20-14-4-2-1-3-13(14)18/h1-8,21H,(H,20,22)/b11-7+. The number of rotatable bonds is 3. The Morgan fingerprint density at radius 2 is 1.95 bits per heavy atom. The predicted molar refractivity (Wildman–Crippen MR) is 86.8 cm³/mol. The second kappa shape index (κ2) is 6.99. The number of carbonyl (C=O) groups excluding carboxylic acids is 1. The average molecular weight is 333 g/mol. The molecule has 6 heteroatoms. The van der Waals surface area contributed by atoms with E-state index in [1.807, 2.05) is 0 Å². The van der Waals surface area contributed by atoms with Gasteiger partial charge in [-0.25, -0.2) is 0 Å². The van der Waals surface area contributed by atoms with E-state index in [0.717, 1.165) is 0 Å². The molecule has 0 atom stereocenters. The molecule has 1 amide bonds. The van der Waals surface area contributed by atoms with Crippen LogP contribution in [0, 0.1) is 11.3 Å². The Bertz CT molecular complexity index is 795. The number of amides is 1. The fourth-order valence-electron chi connectivity index (χ4n) is 1.70. The number of hydrogen-bond donors (Lipinski definition) is 2. The van der Waals surface area contributed by atoms with Crippen molar-refractivity contribution in [2.45, 2.75) is 0 Å². The second-order valence-corrected chi connectivity index (χ2v) is 5.15. The smallest absolute Gasteiger partial charge is 0.266 e. The summed E-state index contributed by atoms with van der Waals surface area (Å²) < 4.78 is 0. The monoisotopic (exact) mass is 332 g/mol. The summed E-state index contributed by atoms with van der Waals surface area (Å²) in [6, 6.07) is 12.8. The van der Waals surface area contributed by atoms with Crippen LogP contribution in [-0.4, -0.2) is 11.0 Å². The average Bonchev–Trinajstić information content (AvgIpc) is 2.50. The van der Waals surface area contributed by atoms with Crippen LogP contribution in [0.3, 0.4) is 0 Å². The van der Waals surface area contributed by atoms with Gasteiger partial charge in [0.1, 0.15) is 17.4 Å². The number of benzene rings is 2. The molecule has 0 saturated heterocycles. The van der Waals surface area contributed by atoms with E-state index >= 15 is 0 Å². The van der Waals surface area contributed by atoms with Crippen molar-refractivity contribution >= 4 is 40.9 Å². The van der Waals surface area contributed by atoms with Crippen LogP contribution in [0.5, 0.6) is 5.75 Å². The summed E-state index contributed by atoms with van der Waals surface area (Å²) in [5.41, 5.74) is 0.487. The minimum atomic E-state index is -0.630. The molecule has 4 nitrogen and oxygen atoms in total. The van der Waals surface area contributed by atoms with Crippen molar-refractivity contribution in [2.24, 2.45) is 0 Å². The molecule has 0 heterocycles. The molecule has 2 aromatic carbocycles. The number of halogens is 2. The van der Waals surface area contributed by atoms with Crippen molar-refractivity contribution in [1.82, 2.24) is 0 Å². The Labute approximate surface area is 137 Å². The van der Waals surface area contributed by atoms with Gasteiger partial charge in [-0.15, -0.1) is 0 Å². The van der Waals surface area contributed by atoms with Gasteiger partial charge in [0, 0.05) is 10.6 Å². The third-order valence-corrected chi connectivity index (χ3v) is 3.34. The van der Waals surface area contributed by atoms with Crippen molar-refractivity contribution in [1.29, 1.82) is 5.26 Å². The van der Waals surface area contributed by atoms with Crippen LogP contribution in [0.15, 0.2) is 48.0 Å². The highest BCUT2D eigenvalue weighted by Crippen LogP contribution is 2.25. The summed E-state index contributed by atoms with van der Waals surface area (Å²) in [4.78, 5) is 12.1. The lowest BCUT2D eigenvalue weighted by Crippen LogP contribution is -2.13. The first-order valence-electron chi connectivity index (χ1n) is 6.17. The molecule has 0 spiro atoms. The fraction of sp³-hybridized carbons (Fsp3) is 0. The molecular formula is C16H10Cl2N2O2. The summed E-state index contributed by atoms with van der Waals surface area (Å²) in [7, 11) is 0. The third-order valence-electron chi connectivity index (χ3n) is 2.78. The Morgan fingerprint density at radius 1 is 1.23 bits per heavy atom. The zero-order valence-corrected chi connectivity index (χ0v) is 12.7. The first kappa shape index (κ1) is 15.9. The van der Waals surface area contributed by atoms with E-state index < -0.39 is 5.91 Å². The van der Waals surface area contributed by atoms with Gasteiger partial charge in [0.25, 0.3) is 5.91 Å². The molecule has 2 aromatic rings. The van der Waals surface area contributed by atoms with Gasteiger partial charge >= 0.3 is 0 Å². The number of nitrogens with one attached hydrogen (secondary N) is 1. The van der Waals surface area contributed by atoms with E-state index in [2.05, 4.69) is 5.32 Å². The molecule has 0 fully saturated rings. The minimum absolute atomic E-state index is 0.0808. The molecule has 0 aliphatic heterocycles. The van der Waals surface area contributed by atoms with Gasteiger partial charge in [-0.1, -0.05) is 35.3 Å². The number of nitrogens with zero attached hydrogens (tertiary/aromatic N) is 1. The van der Waals surface area contributed by atoms with Crippen LogP contribution in [0.2, 0.25) is 10.0 Å². The van der Waals surface area contributed by atoms with E-state index in [0.29, 0.717) is 15.7 Å². The van der Waals surface area contributed by atoms with Gasteiger partial charge in [-0.3, -0.25) is 4.79 Å². The number of aromatic hydroxyl groups is 1. The lowest BCUT2D eigenvalue weighted by molar-refractivity contribution is -0.112. The van der Waals surface area contributed by atoms with Crippen LogP contribution in [-0.2, 0) is 4.79 Å². The summed E-state index contributed by atoms with van der Waals surface area (Å²) in [5, 5.41) is 22.1. The van der Waals surface area contributed by atoms with E-state index in [4.69, 9.17) is 28.5 Å². The van der Waals surface area contributed by atoms with E-state index in [9.17, 15) is 9.90 Å². The van der Waals surface area contributed by atoms with Crippen LogP contribution in [0.1, 0.15) is 5.56 Å². The normalized spacial score (nSPS) is 10.9. The second-order valence-electron chi connectivity index (χ2n) is 4.31. The number of para-hydroxylation sites is 1. The van der Waals surface area contributed by atoms with Gasteiger partial charge in [-0.05, 0) is 36.4 Å². The minimum Gasteiger partial charge on any atom is -0.507 e. The SMILES string of the molecule is N#C/C(=C\c1cc(Cl)ccc1O)C(=O)Nc1ccccc1Cl. The van der Waals surface area contributed by atoms with Gasteiger partial charge in [0.05, 0.1) is 10.7 Å². The third kappa shape index (κ3) is 3.79. The zero-order valence-electron chi connectivity index (χ0n) is 11.2. The first-order valence-corrected chi connectivity index (χ1v) is 6.93. The highest BCUT2D eigenvalue weighted by molar-refractivity contribution is 6.34. The number of hydrogen-bond acceptors (Lipinski definition) is 3. The lowest BCUT2D eigenvalue weighted by atomic mass is 10.1. The molecule has 0 aliphatic rings. The van der Waals surface area contributed by atoms with Gasteiger partial charge in [-0.2, -0.15) is 5.26 Å². The maximum atomic E-state index is 12.1. The first-order chi connectivity index (χ1) is 10.5. The van der Waals surface area contributed by atoms with Crippen LogP contribution < -0.4 is 5.32 Å². The molecule has 0 radical (unpaired) electrons. The Hall–Kier alpha value is -2.48. The number of carbonyl (C=O) groups is 1. The van der Waals surface area contributed by atoms with Crippen molar-refractivity contribution in [2.75, 3.05) is 5.32 Å². The highest BCUT2D eigenvalue weighted by Gasteiger charge is 2.12. The van der Waals surface area contributed by atoms with Crippen LogP contribution in [0.4, 0.5) is 5.69 Å². The number of nitriles is 1. The summed E-state index contributed by atoms with van der Waals surface area (Å²) in [5.74, 6) is -0.710. The Morgan fingerprint density at radius 3 is 2.64 bits per heavy atom. The molecule has 0 aromatic heterocycles. The number of anilines is 1. The van der Waals surface area contributed by atoms with Crippen LogP contribution in [0.25, 0.3) is 6.08 Å². The van der Waals surface area contributed by atoms with E-state index in [1.165, 1.54) is 24.3 Å². The predicted octanol–water partition coefficient (Wildman–Crippen LogP) is 4.24. The maximum Gasteiger partial charge on any atom is 0.266 e. The molecule has 0 aliphatic carbocycles. The van der Waals surface area contributed by atoms with Crippen molar-refractivity contribution in [3.8, 4) is 11.8 Å². The van der Waals surface area contributed by atoms with Crippen molar-refractivity contribution in [3.63, 3.8) is 0 Å². The van der Waals surface area contributed by atoms with Gasteiger partial charge < -0.3 is 10.4 Å². The molecule has 0 bridgehead atoms. The molecule has 110 valence electrons. The maximum absolute atomic E-state index is 12.1. The van der Waals surface area contributed by atoms with Crippen molar-refractivity contribution < 1.29 is 9.90 Å². The fourth-order valence-corrected chi connectivity index (χ4v) is 2.06. The highest BCUT2D eigenvalue weighted by atomic mass is 35.5. The number of phenolic OH excluding ortho intramolecular Hbond substituents is 1. The van der Waals surface area contributed by atoms with Crippen molar-refractivity contribution in [3.05, 3.63) is 63.6 Å². The lowest BCUT2D eigenvalue weighted by Gasteiger charge is -2.06. The molecule has 2 rings (SSSR count). The topological polar surface area (TPSA) is 73.1 Å². The molecule has 2 N–H and O–H groups in total. The van der Waals surface area contributed by atoms with Gasteiger partial charge in [0.2, 0.25) is 0 Å².